The molecule has 0 saturated heterocycles. The molecule has 1 aromatic carbocycles. The van der Waals surface area contributed by atoms with E-state index in [4.69, 9.17) is 0 Å². The summed E-state index contributed by atoms with van der Waals surface area (Å²) in [5.41, 5.74) is 1.20. The van der Waals surface area contributed by atoms with Crippen molar-refractivity contribution in [3.05, 3.63) is 69.1 Å². The predicted octanol–water partition coefficient (Wildman–Crippen LogP) is 4.34. The Hall–Kier alpha value is -3.07. The summed E-state index contributed by atoms with van der Waals surface area (Å²) >= 11 is 3.34. The van der Waals surface area contributed by atoms with Gasteiger partial charge in [0, 0.05) is 15.9 Å². The number of aryl methyl sites for hydroxylation is 1. The van der Waals surface area contributed by atoms with Crippen molar-refractivity contribution < 1.29 is 4.92 Å². The average Bonchev–Trinajstić information content (AvgIpc) is 2.57. The molecule has 0 bridgehead atoms. The highest BCUT2D eigenvalue weighted by atomic mass is 79.9. The number of nitro groups is 1. The number of hydrogen-bond donors (Lipinski definition) is 2. The zero-order valence-corrected chi connectivity index (χ0v) is 14.7. The Bertz CT molecular complexity index is 917. The Balaban J connectivity index is 1.96. The lowest BCUT2D eigenvalue weighted by Crippen LogP contribution is -2.06. The standard InChI is InChI=1S/C16H13BrN6O2/c1-10-3-2-4-13(20-10)22-16-14(23(24)25)15(18-9-19-16)21-12-7-5-11(17)6-8-12/h2-9H,1H3,(H2,18,19,20,21,22). The number of halogens is 1. The number of benzene rings is 1. The van der Waals surface area contributed by atoms with Crippen molar-refractivity contribution in [2.45, 2.75) is 6.92 Å². The van der Waals surface area contributed by atoms with Gasteiger partial charge in [-0.15, -0.1) is 0 Å². The van der Waals surface area contributed by atoms with E-state index in [0.717, 1.165) is 10.2 Å². The smallest absolute Gasteiger partial charge is 0.334 e. The summed E-state index contributed by atoms with van der Waals surface area (Å²) in [4.78, 5) is 23.3. The van der Waals surface area contributed by atoms with Gasteiger partial charge in [0.2, 0.25) is 11.6 Å². The maximum Gasteiger partial charge on any atom is 0.353 e. The molecule has 2 heterocycles. The maximum atomic E-state index is 11.6. The van der Waals surface area contributed by atoms with Gasteiger partial charge in [-0.2, -0.15) is 0 Å². The quantitative estimate of drug-likeness (QED) is 0.484. The number of nitrogens with one attached hydrogen (secondary N) is 2. The van der Waals surface area contributed by atoms with Crippen LogP contribution < -0.4 is 10.6 Å². The Kier molecular flexibility index (Phi) is 4.85. The summed E-state index contributed by atoms with van der Waals surface area (Å²) in [7, 11) is 0. The zero-order chi connectivity index (χ0) is 17.8. The van der Waals surface area contributed by atoms with Gasteiger partial charge in [0.05, 0.1) is 4.92 Å². The van der Waals surface area contributed by atoms with Gasteiger partial charge in [0.25, 0.3) is 0 Å². The molecule has 9 heteroatoms. The normalized spacial score (nSPS) is 10.3. The van der Waals surface area contributed by atoms with Gasteiger partial charge in [-0.1, -0.05) is 22.0 Å². The second-order valence-corrected chi connectivity index (χ2v) is 6.01. The lowest BCUT2D eigenvalue weighted by molar-refractivity contribution is -0.383. The molecule has 3 aromatic rings. The highest BCUT2D eigenvalue weighted by Crippen LogP contribution is 2.32. The average molecular weight is 401 g/mol. The number of pyridine rings is 1. The topological polar surface area (TPSA) is 106 Å². The summed E-state index contributed by atoms with van der Waals surface area (Å²) in [6, 6.07) is 12.6. The highest BCUT2D eigenvalue weighted by Gasteiger charge is 2.23. The molecule has 2 N–H and O–H groups in total. The van der Waals surface area contributed by atoms with Gasteiger partial charge in [-0.05, 0) is 43.3 Å². The van der Waals surface area contributed by atoms with Gasteiger partial charge < -0.3 is 10.6 Å². The number of anilines is 4. The third-order valence-corrected chi connectivity index (χ3v) is 3.78. The number of aromatic nitrogens is 3. The van der Waals surface area contributed by atoms with E-state index in [2.05, 4.69) is 41.5 Å². The van der Waals surface area contributed by atoms with Crippen LogP contribution in [0.25, 0.3) is 0 Å². The minimum absolute atomic E-state index is 0.0673. The molecule has 126 valence electrons. The Morgan fingerprint density at radius 2 is 1.72 bits per heavy atom. The van der Waals surface area contributed by atoms with Crippen molar-refractivity contribution in [3.8, 4) is 0 Å². The molecular formula is C16H13BrN6O2. The molecule has 0 atom stereocenters. The lowest BCUT2D eigenvalue weighted by atomic mass is 10.3. The van der Waals surface area contributed by atoms with Crippen LogP contribution in [0.1, 0.15) is 5.69 Å². The van der Waals surface area contributed by atoms with Crippen LogP contribution in [0, 0.1) is 17.0 Å². The van der Waals surface area contributed by atoms with E-state index in [-0.39, 0.29) is 17.3 Å². The van der Waals surface area contributed by atoms with E-state index in [1.54, 1.807) is 24.3 Å². The van der Waals surface area contributed by atoms with Crippen molar-refractivity contribution >= 4 is 44.8 Å². The Morgan fingerprint density at radius 3 is 2.36 bits per heavy atom. The molecule has 3 rings (SSSR count). The van der Waals surface area contributed by atoms with Gasteiger partial charge in [0.15, 0.2) is 0 Å². The maximum absolute atomic E-state index is 11.6. The third-order valence-electron chi connectivity index (χ3n) is 3.25. The van der Waals surface area contributed by atoms with E-state index in [9.17, 15) is 10.1 Å². The first-order valence-corrected chi connectivity index (χ1v) is 8.05. The SMILES string of the molecule is Cc1cccc(Nc2ncnc(Nc3ccc(Br)cc3)c2[N+](=O)[O-])n1. The van der Waals surface area contributed by atoms with Gasteiger partial charge in [-0.3, -0.25) is 10.1 Å². The summed E-state index contributed by atoms with van der Waals surface area (Å²) < 4.78 is 0.906. The van der Waals surface area contributed by atoms with E-state index in [1.165, 1.54) is 6.33 Å². The van der Waals surface area contributed by atoms with Crippen molar-refractivity contribution in [3.63, 3.8) is 0 Å². The van der Waals surface area contributed by atoms with Crippen LogP contribution >= 0.6 is 15.9 Å². The molecule has 0 aliphatic rings. The summed E-state index contributed by atoms with van der Waals surface area (Å²) in [5, 5.41) is 17.4. The van der Waals surface area contributed by atoms with Crippen LogP contribution in [0.3, 0.4) is 0 Å². The van der Waals surface area contributed by atoms with Crippen LogP contribution in [0.4, 0.5) is 28.8 Å². The number of rotatable bonds is 5. The molecule has 2 aromatic heterocycles. The minimum Gasteiger partial charge on any atom is -0.334 e. The molecule has 8 nitrogen and oxygen atoms in total. The molecule has 0 aliphatic carbocycles. The van der Waals surface area contributed by atoms with Gasteiger partial charge in [-0.25, -0.2) is 15.0 Å². The van der Waals surface area contributed by atoms with Gasteiger partial charge >= 0.3 is 5.69 Å². The molecule has 25 heavy (non-hydrogen) atoms. The van der Waals surface area contributed by atoms with E-state index in [1.807, 2.05) is 25.1 Å². The fourth-order valence-electron chi connectivity index (χ4n) is 2.14. The lowest BCUT2D eigenvalue weighted by Gasteiger charge is -2.10. The second kappa shape index (κ2) is 7.22. The monoisotopic (exact) mass is 400 g/mol. The van der Waals surface area contributed by atoms with Crippen LogP contribution in [0.2, 0.25) is 0 Å². The fourth-order valence-corrected chi connectivity index (χ4v) is 2.40. The van der Waals surface area contributed by atoms with Crippen molar-refractivity contribution in [1.29, 1.82) is 0 Å². The molecule has 0 aliphatic heterocycles. The van der Waals surface area contributed by atoms with E-state index in [0.29, 0.717) is 11.5 Å². The van der Waals surface area contributed by atoms with Crippen molar-refractivity contribution in [2.75, 3.05) is 10.6 Å². The second-order valence-electron chi connectivity index (χ2n) is 5.10. The van der Waals surface area contributed by atoms with E-state index >= 15 is 0 Å². The number of hydrogen-bond acceptors (Lipinski definition) is 7. The molecule has 0 spiro atoms. The fraction of sp³-hybridized carbons (Fsp3) is 0.0625. The summed E-state index contributed by atoms with van der Waals surface area (Å²) in [6.45, 7) is 1.83. The molecular weight excluding hydrogens is 388 g/mol. The first-order chi connectivity index (χ1) is 12.0. The molecule has 0 saturated carbocycles. The Labute approximate surface area is 151 Å². The Morgan fingerprint density at radius 1 is 1.04 bits per heavy atom. The summed E-state index contributed by atoms with van der Waals surface area (Å²) in [5.74, 6) is 0.631. The molecule has 0 radical (unpaired) electrons. The van der Waals surface area contributed by atoms with Crippen LogP contribution in [-0.2, 0) is 0 Å². The highest BCUT2D eigenvalue weighted by molar-refractivity contribution is 9.10. The van der Waals surface area contributed by atoms with Crippen molar-refractivity contribution in [2.24, 2.45) is 0 Å². The van der Waals surface area contributed by atoms with Gasteiger partial charge in [0.1, 0.15) is 12.1 Å². The summed E-state index contributed by atoms with van der Waals surface area (Å²) in [6.07, 6.45) is 1.26. The molecule has 0 amide bonds. The largest absolute Gasteiger partial charge is 0.353 e. The molecule has 0 fully saturated rings. The van der Waals surface area contributed by atoms with Crippen LogP contribution in [0.15, 0.2) is 53.3 Å². The molecule has 0 unspecified atom stereocenters. The van der Waals surface area contributed by atoms with Crippen molar-refractivity contribution in [1.82, 2.24) is 15.0 Å². The van der Waals surface area contributed by atoms with Crippen LogP contribution in [-0.4, -0.2) is 19.9 Å². The predicted molar refractivity (Wildman–Crippen MR) is 98.4 cm³/mol. The first kappa shape index (κ1) is 16.8. The zero-order valence-electron chi connectivity index (χ0n) is 13.1. The first-order valence-electron chi connectivity index (χ1n) is 7.25. The minimum atomic E-state index is -0.528. The van der Waals surface area contributed by atoms with Crippen LogP contribution in [0.5, 0.6) is 0 Å². The number of nitrogens with zero attached hydrogens (tertiary/aromatic N) is 4. The third kappa shape index (κ3) is 4.07. The van der Waals surface area contributed by atoms with E-state index < -0.39 is 4.92 Å².